The Labute approximate surface area is 138 Å². The molecule has 0 saturated heterocycles. The van der Waals surface area contributed by atoms with Gasteiger partial charge in [-0.1, -0.05) is 6.92 Å². The van der Waals surface area contributed by atoms with Gasteiger partial charge < -0.3 is 14.8 Å². The monoisotopic (exact) mass is 369 g/mol. The number of benzene rings is 1. The highest BCUT2D eigenvalue weighted by molar-refractivity contribution is 9.10. The highest BCUT2D eigenvalue weighted by atomic mass is 79.9. The van der Waals surface area contributed by atoms with Crippen molar-refractivity contribution in [3.05, 3.63) is 44.1 Å². The van der Waals surface area contributed by atoms with Crippen LogP contribution in [0.15, 0.2) is 28.7 Å². The highest BCUT2D eigenvalue weighted by Gasteiger charge is 2.12. The zero-order valence-corrected chi connectivity index (χ0v) is 14.9. The van der Waals surface area contributed by atoms with Gasteiger partial charge in [-0.05, 0) is 59.2 Å². The summed E-state index contributed by atoms with van der Waals surface area (Å²) in [5.74, 6) is 1.51. The van der Waals surface area contributed by atoms with Gasteiger partial charge in [0.25, 0.3) is 0 Å². The normalized spacial score (nSPS) is 10.7. The van der Waals surface area contributed by atoms with Crippen molar-refractivity contribution in [1.29, 1.82) is 0 Å². The van der Waals surface area contributed by atoms with E-state index in [0.717, 1.165) is 34.5 Å². The van der Waals surface area contributed by atoms with Crippen LogP contribution in [0.5, 0.6) is 11.5 Å². The van der Waals surface area contributed by atoms with Crippen molar-refractivity contribution >= 4 is 27.3 Å². The van der Waals surface area contributed by atoms with E-state index in [-0.39, 0.29) is 0 Å². The second-order valence-electron chi connectivity index (χ2n) is 4.65. The van der Waals surface area contributed by atoms with Crippen LogP contribution in [0.25, 0.3) is 0 Å². The molecule has 0 aliphatic rings. The number of aryl methyl sites for hydroxylation is 1. The number of hydrogen-bond acceptors (Lipinski definition) is 4. The summed E-state index contributed by atoms with van der Waals surface area (Å²) in [6, 6.07) is 8.34. The molecule has 0 saturated carbocycles. The average molecular weight is 370 g/mol. The van der Waals surface area contributed by atoms with E-state index in [1.165, 1.54) is 9.75 Å². The molecule has 3 nitrogen and oxygen atoms in total. The summed E-state index contributed by atoms with van der Waals surface area (Å²) in [6.07, 6.45) is 1.07. The number of hydrogen-bond donors (Lipinski definition) is 1. The molecule has 0 fully saturated rings. The largest absolute Gasteiger partial charge is 0.493 e. The Morgan fingerprint density at radius 2 is 2.00 bits per heavy atom. The lowest BCUT2D eigenvalue weighted by molar-refractivity contribution is 0.285. The van der Waals surface area contributed by atoms with Crippen LogP contribution < -0.4 is 14.8 Å². The van der Waals surface area contributed by atoms with Crippen molar-refractivity contribution in [3.8, 4) is 11.5 Å². The minimum Gasteiger partial charge on any atom is -0.493 e. The number of nitrogens with one attached hydrogen (secondary N) is 1. The zero-order valence-electron chi connectivity index (χ0n) is 12.5. The van der Waals surface area contributed by atoms with Gasteiger partial charge in [0, 0.05) is 16.3 Å². The Bertz CT molecular complexity index is 598. The lowest BCUT2D eigenvalue weighted by Crippen LogP contribution is -2.06. The first-order valence-corrected chi connectivity index (χ1v) is 8.50. The van der Waals surface area contributed by atoms with Gasteiger partial charge in [0.1, 0.15) is 6.61 Å². The Hall–Kier alpha value is -1.04. The molecule has 5 heteroatoms. The first kappa shape index (κ1) is 16.3. The van der Waals surface area contributed by atoms with Gasteiger partial charge in [-0.3, -0.25) is 0 Å². The number of halogens is 1. The van der Waals surface area contributed by atoms with E-state index < -0.39 is 0 Å². The van der Waals surface area contributed by atoms with Crippen LogP contribution in [-0.2, 0) is 19.6 Å². The molecule has 0 spiro atoms. The van der Waals surface area contributed by atoms with E-state index >= 15 is 0 Å². The smallest absolute Gasteiger partial charge is 0.175 e. The number of thiophene rings is 1. The van der Waals surface area contributed by atoms with Crippen LogP contribution >= 0.6 is 27.3 Å². The summed E-state index contributed by atoms with van der Waals surface area (Å²) >= 11 is 5.36. The van der Waals surface area contributed by atoms with Gasteiger partial charge in [0.05, 0.1) is 11.6 Å². The van der Waals surface area contributed by atoms with E-state index in [9.17, 15) is 0 Å². The summed E-state index contributed by atoms with van der Waals surface area (Å²) in [4.78, 5) is 2.60. The van der Waals surface area contributed by atoms with Crippen LogP contribution in [0.3, 0.4) is 0 Å². The summed E-state index contributed by atoms with van der Waals surface area (Å²) < 4.78 is 12.3. The van der Waals surface area contributed by atoms with E-state index in [2.05, 4.69) is 46.4 Å². The molecule has 1 heterocycles. The molecule has 0 atom stereocenters. The molecule has 1 N–H and O–H groups in total. The average Bonchev–Trinajstić information content (AvgIpc) is 2.94. The predicted molar refractivity (Wildman–Crippen MR) is 91.5 cm³/mol. The van der Waals surface area contributed by atoms with Crippen LogP contribution in [0.4, 0.5) is 0 Å². The molecular formula is C16H20BrNO2S. The number of methoxy groups -OCH3 is 1. The van der Waals surface area contributed by atoms with Crippen LogP contribution in [0.1, 0.15) is 22.2 Å². The van der Waals surface area contributed by atoms with Gasteiger partial charge >= 0.3 is 0 Å². The van der Waals surface area contributed by atoms with Gasteiger partial charge in [-0.15, -0.1) is 11.3 Å². The predicted octanol–water partition coefficient (Wildman–Crippen LogP) is 4.38. The molecule has 2 rings (SSSR count). The fourth-order valence-electron chi connectivity index (χ4n) is 2.05. The van der Waals surface area contributed by atoms with E-state index in [0.29, 0.717) is 6.61 Å². The van der Waals surface area contributed by atoms with E-state index in [1.54, 1.807) is 18.4 Å². The first-order valence-electron chi connectivity index (χ1n) is 6.89. The minimum atomic E-state index is 0.561. The maximum Gasteiger partial charge on any atom is 0.175 e. The van der Waals surface area contributed by atoms with Crippen molar-refractivity contribution < 1.29 is 9.47 Å². The Kier molecular flexibility index (Phi) is 6.08. The third-order valence-electron chi connectivity index (χ3n) is 3.09. The molecule has 0 aliphatic carbocycles. The lowest BCUT2D eigenvalue weighted by Gasteiger charge is -2.14. The topological polar surface area (TPSA) is 30.5 Å². The number of rotatable bonds is 7. The quantitative estimate of drug-likeness (QED) is 0.785. The lowest BCUT2D eigenvalue weighted by atomic mass is 10.2. The molecule has 0 bridgehead atoms. The molecule has 2 aromatic rings. The molecule has 114 valence electrons. The molecule has 0 aliphatic heterocycles. The Balaban J connectivity index is 2.14. The fourth-order valence-corrected chi connectivity index (χ4v) is 3.53. The SMILES string of the molecule is CCc1ccc(COc2c(Br)cc(CNC)cc2OC)s1. The van der Waals surface area contributed by atoms with Crippen LogP contribution in [0, 0.1) is 0 Å². The van der Waals surface area contributed by atoms with Crippen molar-refractivity contribution in [1.82, 2.24) is 5.32 Å². The molecule has 21 heavy (non-hydrogen) atoms. The molecule has 0 amide bonds. The standard InChI is InChI=1S/C16H20BrNO2S/c1-4-12-5-6-13(21-12)10-20-16-14(17)7-11(9-18-2)8-15(16)19-3/h5-8,18H,4,9-10H2,1-3H3. The Morgan fingerprint density at radius 3 is 2.62 bits per heavy atom. The zero-order chi connectivity index (χ0) is 15.2. The Morgan fingerprint density at radius 1 is 1.24 bits per heavy atom. The van der Waals surface area contributed by atoms with Gasteiger partial charge in [-0.2, -0.15) is 0 Å². The van der Waals surface area contributed by atoms with E-state index in [1.807, 2.05) is 13.1 Å². The van der Waals surface area contributed by atoms with Crippen LogP contribution in [0.2, 0.25) is 0 Å². The summed E-state index contributed by atoms with van der Waals surface area (Å²) in [5, 5.41) is 3.13. The third-order valence-corrected chi connectivity index (χ3v) is 4.89. The summed E-state index contributed by atoms with van der Waals surface area (Å²) in [7, 11) is 3.59. The maximum absolute atomic E-state index is 5.95. The molecule has 1 aromatic heterocycles. The van der Waals surface area contributed by atoms with Gasteiger partial charge in [0.15, 0.2) is 11.5 Å². The maximum atomic E-state index is 5.95. The first-order chi connectivity index (χ1) is 10.2. The minimum absolute atomic E-state index is 0.561. The number of ether oxygens (including phenoxy) is 2. The van der Waals surface area contributed by atoms with Gasteiger partial charge in [-0.25, -0.2) is 0 Å². The van der Waals surface area contributed by atoms with Gasteiger partial charge in [0.2, 0.25) is 0 Å². The third kappa shape index (κ3) is 4.22. The highest BCUT2D eigenvalue weighted by Crippen LogP contribution is 2.37. The molecular weight excluding hydrogens is 350 g/mol. The van der Waals surface area contributed by atoms with Crippen molar-refractivity contribution in [3.63, 3.8) is 0 Å². The summed E-state index contributed by atoms with van der Waals surface area (Å²) in [5.41, 5.74) is 1.15. The summed E-state index contributed by atoms with van der Waals surface area (Å²) in [6.45, 7) is 3.52. The van der Waals surface area contributed by atoms with Crippen molar-refractivity contribution in [2.45, 2.75) is 26.5 Å². The molecule has 0 radical (unpaired) electrons. The second kappa shape index (κ2) is 7.82. The molecule has 1 aromatic carbocycles. The van der Waals surface area contributed by atoms with E-state index in [4.69, 9.17) is 9.47 Å². The second-order valence-corrected chi connectivity index (χ2v) is 6.76. The molecule has 0 unspecified atom stereocenters. The van der Waals surface area contributed by atoms with Crippen molar-refractivity contribution in [2.75, 3.05) is 14.2 Å². The fraction of sp³-hybridized carbons (Fsp3) is 0.375. The van der Waals surface area contributed by atoms with Crippen LogP contribution in [-0.4, -0.2) is 14.2 Å². The van der Waals surface area contributed by atoms with Crippen molar-refractivity contribution in [2.24, 2.45) is 0 Å².